The molecule has 5 rings (SSSR count). The van der Waals surface area contributed by atoms with E-state index in [4.69, 9.17) is 0 Å². The van der Waals surface area contributed by atoms with Crippen LogP contribution in [0.1, 0.15) is 40.9 Å². The van der Waals surface area contributed by atoms with Gasteiger partial charge in [-0.2, -0.15) is 0 Å². The lowest BCUT2D eigenvalue weighted by Crippen LogP contribution is -2.47. The summed E-state index contributed by atoms with van der Waals surface area (Å²) >= 11 is 0. The predicted octanol–water partition coefficient (Wildman–Crippen LogP) is 2.71. The highest BCUT2D eigenvalue weighted by Gasteiger charge is 2.25. The lowest BCUT2D eigenvalue weighted by molar-refractivity contribution is -0.130. The maximum atomic E-state index is 12.0. The van der Waals surface area contributed by atoms with Gasteiger partial charge in [0.05, 0.1) is 23.6 Å². The molecule has 174 valence electrons. The summed E-state index contributed by atoms with van der Waals surface area (Å²) < 4.78 is 0. The Morgan fingerprint density at radius 1 is 1.09 bits per heavy atom. The molecule has 1 amide bonds. The Balaban J connectivity index is 1.19. The number of anilines is 1. The highest BCUT2D eigenvalue weighted by atomic mass is 16.2. The quantitative estimate of drug-likeness (QED) is 0.613. The average Bonchev–Trinajstić information content (AvgIpc) is 3.30. The number of rotatable bonds is 5. The second-order valence-electron chi connectivity index (χ2n) is 8.83. The minimum absolute atomic E-state index is 0.0118. The third-order valence-corrected chi connectivity index (χ3v) is 6.53. The number of carbonyl (C=O) groups is 1. The van der Waals surface area contributed by atoms with E-state index in [1.54, 1.807) is 13.1 Å². The van der Waals surface area contributed by atoms with E-state index >= 15 is 0 Å². The molecule has 4 heterocycles. The SMILES string of the molecule is CC(=O)N1CCN(Cc2ccc(/C=C/c3cc(C4Cc5c(nc[nH]c5=O)N4)ccn3)cc2)CC1. The van der Waals surface area contributed by atoms with Gasteiger partial charge < -0.3 is 15.2 Å². The van der Waals surface area contributed by atoms with Crippen LogP contribution < -0.4 is 10.9 Å². The fourth-order valence-electron chi connectivity index (χ4n) is 4.53. The van der Waals surface area contributed by atoms with Gasteiger partial charge >= 0.3 is 0 Å². The van der Waals surface area contributed by atoms with Gasteiger partial charge in [-0.25, -0.2) is 4.98 Å². The first-order valence-corrected chi connectivity index (χ1v) is 11.6. The van der Waals surface area contributed by atoms with Crippen molar-refractivity contribution >= 4 is 23.9 Å². The standard InChI is InChI=1S/C26H28N6O2/c1-18(33)32-12-10-31(11-13-32)16-20-4-2-19(3-5-20)6-7-22-14-21(8-9-27-22)24-15-23-25(30-24)28-17-29-26(23)34/h2-9,14,17,24H,10-13,15-16H2,1H3,(H2,28,29,30,34)/b7-6+. The zero-order chi connectivity index (χ0) is 23.5. The normalized spacial score (nSPS) is 18.1. The third kappa shape index (κ3) is 4.92. The molecule has 3 aromatic rings. The molecule has 1 aromatic carbocycles. The van der Waals surface area contributed by atoms with E-state index in [-0.39, 0.29) is 17.5 Å². The summed E-state index contributed by atoms with van der Waals surface area (Å²) in [6.45, 7) is 5.96. The molecule has 34 heavy (non-hydrogen) atoms. The minimum Gasteiger partial charge on any atom is -0.362 e. The molecule has 8 heteroatoms. The van der Waals surface area contributed by atoms with E-state index in [1.165, 1.54) is 11.9 Å². The van der Waals surface area contributed by atoms with E-state index in [0.29, 0.717) is 17.8 Å². The first-order valence-electron chi connectivity index (χ1n) is 11.6. The zero-order valence-electron chi connectivity index (χ0n) is 19.2. The van der Waals surface area contributed by atoms with Gasteiger partial charge in [-0.3, -0.25) is 19.5 Å². The van der Waals surface area contributed by atoms with Crippen LogP contribution in [0.5, 0.6) is 0 Å². The molecule has 1 saturated heterocycles. The lowest BCUT2D eigenvalue weighted by atomic mass is 10.0. The molecule has 0 bridgehead atoms. The highest BCUT2D eigenvalue weighted by molar-refractivity contribution is 5.73. The summed E-state index contributed by atoms with van der Waals surface area (Å²) in [5.41, 5.74) is 4.93. The summed E-state index contributed by atoms with van der Waals surface area (Å²) in [5, 5.41) is 3.33. The van der Waals surface area contributed by atoms with Gasteiger partial charge in [-0.1, -0.05) is 30.3 Å². The number of aromatic amines is 1. The fraction of sp³-hybridized carbons (Fsp3) is 0.308. The van der Waals surface area contributed by atoms with Crippen LogP contribution in [0, 0.1) is 0 Å². The monoisotopic (exact) mass is 456 g/mol. The van der Waals surface area contributed by atoms with Crippen molar-refractivity contribution in [2.24, 2.45) is 0 Å². The number of benzene rings is 1. The molecule has 2 aliphatic rings. The summed E-state index contributed by atoms with van der Waals surface area (Å²) in [6, 6.07) is 12.6. The Hall–Kier alpha value is -3.78. The van der Waals surface area contributed by atoms with Gasteiger partial charge in [0.25, 0.3) is 5.56 Å². The van der Waals surface area contributed by atoms with Gasteiger partial charge in [0, 0.05) is 52.3 Å². The number of aromatic nitrogens is 3. The van der Waals surface area contributed by atoms with Crippen molar-refractivity contribution in [3.05, 3.63) is 87.2 Å². The molecule has 0 saturated carbocycles. The van der Waals surface area contributed by atoms with Crippen molar-refractivity contribution in [1.29, 1.82) is 0 Å². The topological polar surface area (TPSA) is 94.2 Å². The van der Waals surface area contributed by atoms with Crippen LogP contribution in [0.2, 0.25) is 0 Å². The largest absolute Gasteiger partial charge is 0.362 e. The fourth-order valence-corrected chi connectivity index (χ4v) is 4.53. The van der Waals surface area contributed by atoms with Gasteiger partial charge in [0.1, 0.15) is 5.82 Å². The third-order valence-electron chi connectivity index (χ3n) is 6.53. The van der Waals surface area contributed by atoms with E-state index in [9.17, 15) is 9.59 Å². The number of nitrogens with zero attached hydrogens (tertiary/aromatic N) is 4. The van der Waals surface area contributed by atoms with E-state index < -0.39 is 0 Å². The highest BCUT2D eigenvalue weighted by Crippen LogP contribution is 2.30. The number of hydrogen-bond acceptors (Lipinski definition) is 6. The second-order valence-corrected chi connectivity index (χ2v) is 8.83. The van der Waals surface area contributed by atoms with Crippen LogP contribution in [-0.2, 0) is 17.8 Å². The maximum Gasteiger partial charge on any atom is 0.256 e. The number of nitrogens with one attached hydrogen (secondary N) is 2. The van der Waals surface area contributed by atoms with E-state index in [0.717, 1.165) is 49.5 Å². The molecule has 1 fully saturated rings. The zero-order valence-corrected chi connectivity index (χ0v) is 19.2. The Kier molecular flexibility index (Phi) is 6.22. The molecule has 1 atom stereocenters. The Labute approximate surface area is 198 Å². The van der Waals surface area contributed by atoms with Gasteiger partial charge in [0.15, 0.2) is 0 Å². The van der Waals surface area contributed by atoms with Crippen molar-refractivity contribution in [2.45, 2.75) is 25.9 Å². The molecule has 0 spiro atoms. The van der Waals surface area contributed by atoms with Gasteiger partial charge in [-0.05, 0) is 34.9 Å². The van der Waals surface area contributed by atoms with Crippen molar-refractivity contribution in [3.63, 3.8) is 0 Å². The number of H-pyrrole nitrogens is 1. The van der Waals surface area contributed by atoms with Crippen LogP contribution in [0.4, 0.5) is 5.82 Å². The van der Waals surface area contributed by atoms with Crippen molar-refractivity contribution in [2.75, 3.05) is 31.5 Å². The Morgan fingerprint density at radius 3 is 2.62 bits per heavy atom. The summed E-state index contributed by atoms with van der Waals surface area (Å²) in [7, 11) is 0. The molecule has 2 aromatic heterocycles. The maximum absolute atomic E-state index is 12.0. The first kappa shape index (κ1) is 22.0. The number of carbonyl (C=O) groups excluding carboxylic acids is 1. The van der Waals surface area contributed by atoms with Crippen molar-refractivity contribution < 1.29 is 4.79 Å². The van der Waals surface area contributed by atoms with Crippen molar-refractivity contribution in [1.82, 2.24) is 24.8 Å². The minimum atomic E-state index is -0.0871. The Bertz CT molecular complexity index is 1260. The van der Waals surface area contributed by atoms with Crippen LogP contribution in [0.25, 0.3) is 12.2 Å². The van der Waals surface area contributed by atoms with Crippen LogP contribution >= 0.6 is 0 Å². The van der Waals surface area contributed by atoms with Gasteiger partial charge in [0.2, 0.25) is 5.91 Å². The molecule has 0 radical (unpaired) electrons. The predicted molar refractivity (Wildman–Crippen MR) is 132 cm³/mol. The number of fused-ring (bicyclic) bond motifs is 1. The summed E-state index contributed by atoms with van der Waals surface area (Å²) in [6.07, 6.45) is 7.90. The van der Waals surface area contributed by atoms with E-state index in [2.05, 4.69) is 55.5 Å². The number of pyridine rings is 1. The lowest BCUT2D eigenvalue weighted by Gasteiger charge is -2.34. The molecule has 1 unspecified atom stereocenters. The molecule has 8 nitrogen and oxygen atoms in total. The van der Waals surface area contributed by atoms with Crippen molar-refractivity contribution in [3.8, 4) is 0 Å². The molecule has 0 aliphatic carbocycles. The second kappa shape index (κ2) is 9.61. The van der Waals surface area contributed by atoms with Crippen LogP contribution in [0.15, 0.2) is 53.7 Å². The molecule has 2 aliphatic heterocycles. The average molecular weight is 457 g/mol. The van der Waals surface area contributed by atoms with Crippen LogP contribution in [0.3, 0.4) is 0 Å². The molecule has 2 N–H and O–H groups in total. The first-order chi connectivity index (χ1) is 16.5. The van der Waals surface area contributed by atoms with Crippen LogP contribution in [-0.4, -0.2) is 56.8 Å². The summed E-state index contributed by atoms with van der Waals surface area (Å²) in [4.78, 5) is 39.1. The Morgan fingerprint density at radius 2 is 1.88 bits per heavy atom. The number of piperazine rings is 1. The number of amides is 1. The smallest absolute Gasteiger partial charge is 0.256 e. The number of hydrogen-bond donors (Lipinski definition) is 2. The van der Waals surface area contributed by atoms with E-state index in [1.807, 2.05) is 23.1 Å². The van der Waals surface area contributed by atoms with Gasteiger partial charge in [-0.15, -0.1) is 0 Å². The summed E-state index contributed by atoms with van der Waals surface area (Å²) in [5.74, 6) is 0.816. The molecular weight excluding hydrogens is 428 g/mol. The molecular formula is C26H28N6O2.